The number of amides is 1. The fourth-order valence-electron chi connectivity index (χ4n) is 1.62. The van der Waals surface area contributed by atoms with Crippen molar-refractivity contribution < 1.29 is 4.79 Å². The molecular formula is C12H15N3O. The van der Waals surface area contributed by atoms with Crippen molar-refractivity contribution >= 4 is 16.9 Å². The predicted octanol–water partition coefficient (Wildman–Crippen LogP) is 2.01. The molecule has 0 radical (unpaired) electrons. The Balaban J connectivity index is 2.28. The SMILES string of the molecule is CCCNC(=O)c1ccc2nc(C)[nH]c2c1. The number of hydrogen-bond acceptors (Lipinski definition) is 2. The second kappa shape index (κ2) is 4.35. The second-order valence-electron chi connectivity index (χ2n) is 3.81. The molecule has 2 aromatic rings. The Bertz CT molecular complexity index is 516. The number of aryl methyl sites for hydroxylation is 1. The number of aromatic nitrogens is 2. The summed E-state index contributed by atoms with van der Waals surface area (Å²) in [7, 11) is 0. The fourth-order valence-corrected chi connectivity index (χ4v) is 1.62. The molecule has 1 aromatic carbocycles. The van der Waals surface area contributed by atoms with E-state index in [-0.39, 0.29) is 5.91 Å². The zero-order valence-electron chi connectivity index (χ0n) is 9.50. The Hall–Kier alpha value is -1.84. The first-order valence-corrected chi connectivity index (χ1v) is 5.45. The van der Waals surface area contributed by atoms with E-state index in [0.717, 1.165) is 23.3 Å². The molecule has 0 spiro atoms. The lowest BCUT2D eigenvalue weighted by molar-refractivity contribution is 0.0954. The molecule has 1 heterocycles. The predicted molar refractivity (Wildman–Crippen MR) is 63.5 cm³/mol. The van der Waals surface area contributed by atoms with Gasteiger partial charge in [0, 0.05) is 12.1 Å². The minimum Gasteiger partial charge on any atom is -0.352 e. The molecule has 0 aliphatic heterocycles. The van der Waals surface area contributed by atoms with E-state index in [1.807, 2.05) is 26.0 Å². The number of nitrogens with zero attached hydrogens (tertiary/aromatic N) is 1. The van der Waals surface area contributed by atoms with E-state index in [1.54, 1.807) is 6.07 Å². The number of carbonyl (C=O) groups excluding carboxylic acids is 1. The van der Waals surface area contributed by atoms with Crippen LogP contribution < -0.4 is 5.32 Å². The zero-order chi connectivity index (χ0) is 11.5. The van der Waals surface area contributed by atoms with Crippen LogP contribution in [-0.4, -0.2) is 22.4 Å². The van der Waals surface area contributed by atoms with Crippen LogP contribution in [0.15, 0.2) is 18.2 Å². The standard InChI is InChI=1S/C12H15N3O/c1-3-6-13-12(16)9-4-5-10-11(7-9)15-8(2)14-10/h4-5,7H,3,6H2,1-2H3,(H,13,16)(H,14,15). The lowest BCUT2D eigenvalue weighted by atomic mass is 10.2. The third-order valence-electron chi connectivity index (χ3n) is 2.40. The Morgan fingerprint density at radius 2 is 2.31 bits per heavy atom. The average molecular weight is 217 g/mol. The first-order valence-electron chi connectivity index (χ1n) is 5.45. The molecule has 0 saturated carbocycles. The van der Waals surface area contributed by atoms with Gasteiger partial charge >= 0.3 is 0 Å². The molecule has 84 valence electrons. The van der Waals surface area contributed by atoms with Gasteiger partial charge in [-0.3, -0.25) is 4.79 Å². The van der Waals surface area contributed by atoms with Crippen molar-refractivity contribution in [3.63, 3.8) is 0 Å². The van der Waals surface area contributed by atoms with Gasteiger partial charge < -0.3 is 10.3 Å². The Morgan fingerprint density at radius 3 is 3.06 bits per heavy atom. The highest BCUT2D eigenvalue weighted by atomic mass is 16.1. The maximum absolute atomic E-state index is 11.7. The topological polar surface area (TPSA) is 57.8 Å². The largest absolute Gasteiger partial charge is 0.352 e. The van der Waals surface area contributed by atoms with Crippen molar-refractivity contribution in [2.24, 2.45) is 0 Å². The quantitative estimate of drug-likeness (QED) is 0.826. The molecule has 0 fully saturated rings. The lowest BCUT2D eigenvalue weighted by Crippen LogP contribution is -2.23. The van der Waals surface area contributed by atoms with Crippen LogP contribution in [0.5, 0.6) is 0 Å². The number of fused-ring (bicyclic) bond motifs is 1. The molecule has 4 nitrogen and oxygen atoms in total. The molecule has 4 heteroatoms. The van der Waals surface area contributed by atoms with Gasteiger partial charge in [0.2, 0.25) is 0 Å². The number of rotatable bonds is 3. The highest BCUT2D eigenvalue weighted by Crippen LogP contribution is 2.13. The summed E-state index contributed by atoms with van der Waals surface area (Å²) in [5, 5.41) is 2.85. The summed E-state index contributed by atoms with van der Waals surface area (Å²) in [5.41, 5.74) is 2.47. The monoisotopic (exact) mass is 217 g/mol. The molecule has 0 aliphatic carbocycles. The van der Waals surface area contributed by atoms with Crippen LogP contribution in [0, 0.1) is 6.92 Å². The number of nitrogens with one attached hydrogen (secondary N) is 2. The Morgan fingerprint density at radius 1 is 1.50 bits per heavy atom. The summed E-state index contributed by atoms with van der Waals surface area (Å²) in [6.45, 7) is 4.64. The van der Waals surface area contributed by atoms with Crippen LogP contribution in [0.2, 0.25) is 0 Å². The summed E-state index contributed by atoms with van der Waals surface area (Å²) in [4.78, 5) is 19.1. The van der Waals surface area contributed by atoms with Gasteiger partial charge in [0.15, 0.2) is 0 Å². The lowest BCUT2D eigenvalue weighted by Gasteiger charge is -2.02. The van der Waals surface area contributed by atoms with Gasteiger partial charge in [-0.15, -0.1) is 0 Å². The maximum Gasteiger partial charge on any atom is 0.251 e. The summed E-state index contributed by atoms with van der Waals surface area (Å²) < 4.78 is 0. The number of aromatic amines is 1. The highest BCUT2D eigenvalue weighted by molar-refractivity contribution is 5.97. The van der Waals surface area contributed by atoms with E-state index in [9.17, 15) is 4.79 Å². The first-order chi connectivity index (χ1) is 7.70. The second-order valence-corrected chi connectivity index (χ2v) is 3.81. The molecule has 2 N–H and O–H groups in total. The molecular weight excluding hydrogens is 202 g/mol. The van der Waals surface area contributed by atoms with E-state index in [4.69, 9.17) is 0 Å². The van der Waals surface area contributed by atoms with E-state index >= 15 is 0 Å². The molecule has 1 amide bonds. The summed E-state index contributed by atoms with van der Waals surface area (Å²) in [5.74, 6) is 0.831. The Labute approximate surface area is 94.1 Å². The number of carbonyl (C=O) groups is 1. The fraction of sp³-hybridized carbons (Fsp3) is 0.333. The van der Waals surface area contributed by atoms with E-state index in [1.165, 1.54) is 0 Å². The average Bonchev–Trinajstić information content (AvgIpc) is 2.64. The third kappa shape index (κ3) is 2.05. The molecule has 0 unspecified atom stereocenters. The smallest absolute Gasteiger partial charge is 0.251 e. The number of hydrogen-bond donors (Lipinski definition) is 2. The summed E-state index contributed by atoms with van der Waals surface area (Å²) in [6, 6.07) is 5.49. The molecule has 0 atom stereocenters. The molecule has 0 aliphatic rings. The van der Waals surface area contributed by atoms with Gasteiger partial charge in [-0.2, -0.15) is 0 Å². The number of H-pyrrole nitrogens is 1. The minimum atomic E-state index is -0.0315. The van der Waals surface area contributed by atoms with Gasteiger partial charge in [0.1, 0.15) is 5.82 Å². The van der Waals surface area contributed by atoms with Gasteiger partial charge in [-0.25, -0.2) is 4.98 Å². The Kier molecular flexibility index (Phi) is 2.90. The van der Waals surface area contributed by atoms with E-state index in [0.29, 0.717) is 12.1 Å². The van der Waals surface area contributed by atoms with Crippen molar-refractivity contribution in [3.05, 3.63) is 29.6 Å². The van der Waals surface area contributed by atoms with Crippen LogP contribution in [0.4, 0.5) is 0 Å². The van der Waals surface area contributed by atoms with Crippen molar-refractivity contribution in [2.75, 3.05) is 6.54 Å². The normalized spacial score (nSPS) is 10.6. The van der Waals surface area contributed by atoms with Gasteiger partial charge in [0.25, 0.3) is 5.91 Å². The van der Waals surface area contributed by atoms with Crippen LogP contribution >= 0.6 is 0 Å². The van der Waals surface area contributed by atoms with E-state index < -0.39 is 0 Å². The van der Waals surface area contributed by atoms with Crippen molar-refractivity contribution in [2.45, 2.75) is 20.3 Å². The van der Waals surface area contributed by atoms with Crippen molar-refractivity contribution in [3.8, 4) is 0 Å². The van der Waals surface area contributed by atoms with Crippen LogP contribution in [0.25, 0.3) is 11.0 Å². The summed E-state index contributed by atoms with van der Waals surface area (Å²) >= 11 is 0. The van der Waals surface area contributed by atoms with Gasteiger partial charge in [-0.05, 0) is 31.5 Å². The third-order valence-corrected chi connectivity index (χ3v) is 2.40. The number of imidazole rings is 1. The van der Waals surface area contributed by atoms with Crippen LogP contribution in [0.3, 0.4) is 0 Å². The van der Waals surface area contributed by atoms with E-state index in [2.05, 4.69) is 15.3 Å². The first kappa shape index (κ1) is 10.7. The molecule has 1 aromatic heterocycles. The van der Waals surface area contributed by atoms with Crippen molar-refractivity contribution in [1.82, 2.24) is 15.3 Å². The highest BCUT2D eigenvalue weighted by Gasteiger charge is 2.06. The molecule has 0 bridgehead atoms. The molecule has 2 rings (SSSR count). The van der Waals surface area contributed by atoms with Crippen LogP contribution in [-0.2, 0) is 0 Å². The minimum absolute atomic E-state index is 0.0315. The summed E-state index contributed by atoms with van der Waals surface area (Å²) in [6.07, 6.45) is 0.942. The molecule has 16 heavy (non-hydrogen) atoms. The van der Waals surface area contributed by atoms with Gasteiger partial charge in [-0.1, -0.05) is 6.92 Å². The number of benzene rings is 1. The zero-order valence-corrected chi connectivity index (χ0v) is 9.50. The molecule has 0 saturated heterocycles. The van der Waals surface area contributed by atoms with Crippen LogP contribution in [0.1, 0.15) is 29.5 Å². The maximum atomic E-state index is 11.7. The van der Waals surface area contributed by atoms with Gasteiger partial charge in [0.05, 0.1) is 11.0 Å². The van der Waals surface area contributed by atoms with Crippen molar-refractivity contribution in [1.29, 1.82) is 0 Å².